The minimum Gasteiger partial charge on any atom is -0.340 e. The Hall–Kier alpha value is -1.33. The molecule has 0 amide bonds. The third kappa shape index (κ3) is 2.73. The SMILES string of the molecule is CCn1c(N(C)Cc2ccc(Cl)cc2)n[nH]c1=S. The van der Waals surface area contributed by atoms with Crippen LogP contribution >= 0.6 is 23.8 Å². The largest absolute Gasteiger partial charge is 0.340 e. The minimum atomic E-state index is 0.649. The van der Waals surface area contributed by atoms with E-state index in [0.29, 0.717) is 4.77 Å². The summed E-state index contributed by atoms with van der Waals surface area (Å²) in [7, 11) is 1.99. The van der Waals surface area contributed by atoms with Crippen molar-refractivity contribution in [3.63, 3.8) is 0 Å². The van der Waals surface area contributed by atoms with E-state index in [4.69, 9.17) is 23.8 Å². The van der Waals surface area contributed by atoms with Crippen molar-refractivity contribution in [2.45, 2.75) is 20.0 Å². The van der Waals surface area contributed by atoms with Gasteiger partial charge in [-0.1, -0.05) is 23.7 Å². The van der Waals surface area contributed by atoms with Crippen LogP contribution in [0.3, 0.4) is 0 Å². The molecule has 1 N–H and O–H groups in total. The van der Waals surface area contributed by atoms with E-state index < -0.39 is 0 Å². The number of benzene rings is 1. The second-order valence-corrected chi connectivity index (χ2v) is 4.88. The second kappa shape index (κ2) is 5.54. The lowest BCUT2D eigenvalue weighted by Gasteiger charge is -2.18. The summed E-state index contributed by atoms with van der Waals surface area (Å²) in [5.41, 5.74) is 1.18. The molecule has 0 fully saturated rings. The van der Waals surface area contributed by atoms with Crippen molar-refractivity contribution in [1.82, 2.24) is 14.8 Å². The average molecular weight is 283 g/mol. The third-order valence-corrected chi connectivity index (χ3v) is 3.29. The molecule has 0 spiro atoms. The maximum Gasteiger partial charge on any atom is 0.225 e. The number of halogens is 1. The molecule has 0 aliphatic carbocycles. The summed E-state index contributed by atoms with van der Waals surface area (Å²) < 4.78 is 2.61. The third-order valence-electron chi connectivity index (χ3n) is 2.73. The molecule has 96 valence electrons. The van der Waals surface area contributed by atoms with E-state index in [2.05, 4.69) is 15.1 Å². The van der Waals surface area contributed by atoms with Crippen LogP contribution in [0.1, 0.15) is 12.5 Å². The maximum atomic E-state index is 5.87. The Morgan fingerprint density at radius 3 is 2.67 bits per heavy atom. The van der Waals surface area contributed by atoms with Gasteiger partial charge in [0, 0.05) is 25.2 Å². The predicted octanol–water partition coefficient (Wildman–Crippen LogP) is 3.25. The highest BCUT2D eigenvalue weighted by molar-refractivity contribution is 7.71. The van der Waals surface area contributed by atoms with E-state index in [1.54, 1.807) is 0 Å². The fourth-order valence-electron chi connectivity index (χ4n) is 1.82. The van der Waals surface area contributed by atoms with Gasteiger partial charge in [0.2, 0.25) is 5.95 Å². The van der Waals surface area contributed by atoms with Gasteiger partial charge in [0.1, 0.15) is 0 Å². The molecular formula is C12H15ClN4S. The van der Waals surface area contributed by atoms with Crippen LogP contribution in [-0.2, 0) is 13.1 Å². The summed E-state index contributed by atoms with van der Waals surface area (Å²) in [5, 5.41) is 7.81. The molecule has 0 atom stereocenters. The Balaban J connectivity index is 2.19. The first-order valence-electron chi connectivity index (χ1n) is 5.72. The number of rotatable bonds is 4. The molecule has 4 nitrogen and oxygen atoms in total. The first-order chi connectivity index (χ1) is 8.61. The van der Waals surface area contributed by atoms with Crippen molar-refractivity contribution in [2.75, 3.05) is 11.9 Å². The number of H-pyrrole nitrogens is 1. The molecule has 2 aromatic rings. The number of hydrogen-bond acceptors (Lipinski definition) is 3. The van der Waals surface area contributed by atoms with Gasteiger partial charge in [-0.15, -0.1) is 5.10 Å². The van der Waals surface area contributed by atoms with Gasteiger partial charge in [-0.3, -0.25) is 4.57 Å². The van der Waals surface area contributed by atoms with Crippen molar-refractivity contribution in [1.29, 1.82) is 0 Å². The van der Waals surface area contributed by atoms with E-state index >= 15 is 0 Å². The fraction of sp³-hybridized carbons (Fsp3) is 0.333. The monoisotopic (exact) mass is 282 g/mol. The lowest BCUT2D eigenvalue weighted by molar-refractivity contribution is 0.717. The summed E-state index contributed by atoms with van der Waals surface area (Å²) in [4.78, 5) is 2.05. The van der Waals surface area contributed by atoms with Crippen molar-refractivity contribution < 1.29 is 0 Å². The topological polar surface area (TPSA) is 36.9 Å². The van der Waals surface area contributed by atoms with Crippen LogP contribution in [0.25, 0.3) is 0 Å². The van der Waals surface area contributed by atoms with Crippen molar-refractivity contribution >= 4 is 29.8 Å². The van der Waals surface area contributed by atoms with Gasteiger partial charge in [-0.25, -0.2) is 5.10 Å². The van der Waals surface area contributed by atoms with Gasteiger partial charge in [-0.05, 0) is 36.8 Å². The standard InChI is InChI=1S/C12H15ClN4S/c1-3-17-11(14-15-12(17)18)16(2)8-9-4-6-10(13)7-5-9/h4-7H,3,8H2,1-2H3,(H,15,18). The zero-order valence-corrected chi connectivity index (χ0v) is 11.9. The number of nitrogens with zero attached hydrogens (tertiary/aromatic N) is 3. The van der Waals surface area contributed by atoms with Crippen LogP contribution in [0.2, 0.25) is 5.02 Å². The van der Waals surface area contributed by atoms with Crippen molar-refractivity contribution in [2.24, 2.45) is 0 Å². The first-order valence-corrected chi connectivity index (χ1v) is 6.51. The van der Waals surface area contributed by atoms with E-state index in [1.807, 2.05) is 42.8 Å². The number of hydrogen-bond donors (Lipinski definition) is 1. The highest BCUT2D eigenvalue weighted by Gasteiger charge is 2.10. The lowest BCUT2D eigenvalue weighted by Crippen LogP contribution is -2.20. The van der Waals surface area contributed by atoms with E-state index in [-0.39, 0.29) is 0 Å². The molecule has 0 saturated carbocycles. The molecule has 0 unspecified atom stereocenters. The molecule has 1 aromatic carbocycles. The predicted molar refractivity (Wildman–Crippen MR) is 76.6 cm³/mol. The fourth-order valence-corrected chi connectivity index (χ4v) is 2.20. The number of aromatic nitrogens is 3. The van der Waals surface area contributed by atoms with Gasteiger partial charge in [0.05, 0.1) is 0 Å². The summed E-state index contributed by atoms with van der Waals surface area (Å²) in [6.07, 6.45) is 0. The summed E-state index contributed by atoms with van der Waals surface area (Å²) in [5.74, 6) is 0.845. The van der Waals surface area contributed by atoms with Crippen LogP contribution < -0.4 is 4.90 Å². The highest BCUT2D eigenvalue weighted by atomic mass is 35.5. The van der Waals surface area contributed by atoms with E-state index in [1.165, 1.54) is 5.56 Å². The molecule has 0 aliphatic heterocycles. The molecule has 18 heavy (non-hydrogen) atoms. The zero-order valence-electron chi connectivity index (χ0n) is 10.4. The normalized spacial score (nSPS) is 10.6. The summed E-state index contributed by atoms with van der Waals surface area (Å²) >= 11 is 11.0. The Morgan fingerprint density at radius 2 is 2.06 bits per heavy atom. The first kappa shape index (κ1) is 13.1. The highest BCUT2D eigenvalue weighted by Crippen LogP contribution is 2.15. The molecule has 0 aliphatic rings. The molecule has 1 heterocycles. The molecular weight excluding hydrogens is 268 g/mol. The number of anilines is 1. The Labute approximate surface area is 116 Å². The molecule has 0 bridgehead atoms. The molecule has 0 saturated heterocycles. The molecule has 1 aromatic heterocycles. The van der Waals surface area contributed by atoms with Crippen molar-refractivity contribution in [3.8, 4) is 0 Å². The Bertz CT molecular complexity index is 573. The van der Waals surface area contributed by atoms with Crippen molar-refractivity contribution in [3.05, 3.63) is 39.6 Å². The van der Waals surface area contributed by atoms with Gasteiger partial charge >= 0.3 is 0 Å². The minimum absolute atomic E-state index is 0.649. The number of nitrogens with one attached hydrogen (secondary N) is 1. The summed E-state index contributed by atoms with van der Waals surface area (Å²) in [6, 6.07) is 7.80. The molecule has 6 heteroatoms. The number of aromatic amines is 1. The van der Waals surface area contributed by atoms with Crippen LogP contribution in [-0.4, -0.2) is 21.8 Å². The van der Waals surface area contributed by atoms with Crippen LogP contribution in [0.4, 0.5) is 5.95 Å². The quantitative estimate of drug-likeness (QED) is 0.875. The average Bonchev–Trinajstić information content (AvgIpc) is 2.73. The second-order valence-electron chi connectivity index (χ2n) is 4.06. The van der Waals surface area contributed by atoms with Gasteiger partial charge < -0.3 is 4.90 Å². The lowest BCUT2D eigenvalue weighted by atomic mass is 10.2. The van der Waals surface area contributed by atoms with Gasteiger partial charge in [0.25, 0.3) is 0 Å². The van der Waals surface area contributed by atoms with Crippen LogP contribution in [0.5, 0.6) is 0 Å². The Morgan fingerprint density at radius 1 is 1.39 bits per heavy atom. The van der Waals surface area contributed by atoms with Crippen LogP contribution in [0.15, 0.2) is 24.3 Å². The molecule has 2 rings (SSSR count). The molecule has 0 radical (unpaired) electrons. The van der Waals surface area contributed by atoms with Gasteiger partial charge in [-0.2, -0.15) is 0 Å². The van der Waals surface area contributed by atoms with Gasteiger partial charge in [0.15, 0.2) is 4.77 Å². The van der Waals surface area contributed by atoms with E-state index in [9.17, 15) is 0 Å². The zero-order chi connectivity index (χ0) is 13.1. The van der Waals surface area contributed by atoms with Crippen LogP contribution in [0, 0.1) is 4.77 Å². The Kier molecular flexibility index (Phi) is 4.04. The van der Waals surface area contributed by atoms with E-state index in [0.717, 1.165) is 24.1 Å². The maximum absolute atomic E-state index is 5.87. The smallest absolute Gasteiger partial charge is 0.225 e. The summed E-state index contributed by atoms with van der Waals surface area (Å²) in [6.45, 7) is 3.61.